The average molecular weight is 541 g/mol. The Kier molecular flexibility index (Phi) is 7.53. The molecule has 0 heterocycles. The van der Waals surface area contributed by atoms with Crippen LogP contribution >= 0.6 is 0 Å². The first kappa shape index (κ1) is 27.6. The van der Waals surface area contributed by atoms with Crippen molar-refractivity contribution in [1.29, 1.82) is 0 Å². The van der Waals surface area contributed by atoms with Crippen molar-refractivity contribution in [2.45, 2.75) is 49.0 Å². The number of phenols is 2. The fourth-order valence-electron chi connectivity index (χ4n) is 4.42. The van der Waals surface area contributed by atoms with E-state index in [9.17, 15) is 33.6 Å². The Morgan fingerprint density at radius 1 is 0.947 bits per heavy atom. The molecule has 38 heavy (non-hydrogen) atoms. The number of aryl methyl sites for hydroxylation is 1. The molecule has 3 aromatic carbocycles. The van der Waals surface area contributed by atoms with Crippen molar-refractivity contribution < 1.29 is 33.6 Å². The van der Waals surface area contributed by atoms with Crippen molar-refractivity contribution in [3.63, 3.8) is 0 Å². The van der Waals surface area contributed by atoms with E-state index in [0.29, 0.717) is 24.1 Å². The second kappa shape index (κ2) is 10.4. The molecule has 0 unspecified atom stereocenters. The zero-order valence-electron chi connectivity index (χ0n) is 21.2. The molecule has 1 amide bonds. The molecule has 0 spiro atoms. The summed E-state index contributed by atoms with van der Waals surface area (Å²) in [5.74, 6) is -0.723. The number of rotatable bonds is 10. The van der Waals surface area contributed by atoms with E-state index in [1.165, 1.54) is 24.3 Å². The second-order valence-electron chi connectivity index (χ2n) is 9.85. The van der Waals surface area contributed by atoms with Crippen LogP contribution in [0, 0.1) is 6.92 Å². The fourth-order valence-corrected chi connectivity index (χ4v) is 5.88. The highest BCUT2D eigenvalue weighted by atomic mass is 32.2. The number of anilines is 1. The molecule has 4 rings (SSSR count). The zero-order valence-corrected chi connectivity index (χ0v) is 22.0. The van der Waals surface area contributed by atoms with Gasteiger partial charge in [0, 0.05) is 5.69 Å². The number of sulfonamides is 1. The molecule has 3 aromatic rings. The predicted molar refractivity (Wildman–Crippen MR) is 143 cm³/mol. The Bertz CT molecular complexity index is 1440. The molecular formula is C28H32N2O7S. The maximum atomic E-state index is 13.2. The number of amides is 1. The first-order valence-corrected chi connectivity index (χ1v) is 13.8. The van der Waals surface area contributed by atoms with E-state index in [4.69, 9.17) is 0 Å². The van der Waals surface area contributed by atoms with Gasteiger partial charge in [0.25, 0.3) is 0 Å². The van der Waals surface area contributed by atoms with E-state index in [0.717, 1.165) is 16.7 Å². The number of nitrogens with one attached hydrogen (secondary N) is 2. The molecule has 1 saturated carbocycles. The van der Waals surface area contributed by atoms with E-state index in [2.05, 4.69) is 10.0 Å². The number of aliphatic hydroxyl groups is 2. The third-order valence-electron chi connectivity index (χ3n) is 7.32. The summed E-state index contributed by atoms with van der Waals surface area (Å²) in [6.07, 6.45) is 1.46. The highest BCUT2D eigenvalue weighted by Crippen LogP contribution is 2.50. The lowest BCUT2D eigenvalue weighted by Crippen LogP contribution is -2.53. The molecule has 1 aliphatic carbocycles. The summed E-state index contributed by atoms with van der Waals surface area (Å²) in [5, 5.41) is 41.6. The first-order chi connectivity index (χ1) is 18.0. The molecule has 0 aromatic heterocycles. The van der Waals surface area contributed by atoms with Gasteiger partial charge >= 0.3 is 0 Å². The lowest BCUT2D eigenvalue weighted by Gasteiger charge is -2.29. The molecule has 1 fully saturated rings. The van der Waals surface area contributed by atoms with E-state index in [-0.39, 0.29) is 28.7 Å². The molecule has 6 N–H and O–H groups in total. The van der Waals surface area contributed by atoms with E-state index in [1.807, 2.05) is 19.1 Å². The van der Waals surface area contributed by atoms with Crippen molar-refractivity contribution in [3.05, 3.63) is 71.8 Å². The van der Waals surface area contributed by atoms with Crippen LogP contribution in [0.15, 0.2) is 65.6 Å². The lowest BCUT2D eigenvalue weighted by molar-refractivity contribution is -0.118. The Hall–Kier alpha value is -3.44. The van der Waals surface area contributed by atoms with Gasteiger partial charge in [-0.25, -0.2) is 13.1 Å². The number of phenolic OH excluding ortho intramolecular Hbond substituents is 2. The Balaban J connectivity index is 1.55. The van der Waals surface area contributed by atoms with Crippen LogP contribution in [0.25, 0.3) is 11.1 Å². The molecule has 1 aliphatic rings. The van der Waals surface area contributed by atoms with Crippen LogP contribution in [0.5, 0.6) is 11.5 Å². The molecule has 0 bridgehead atoms. The minimum absolute atomic E-state index is 0.00379. The summed E-state index contributed by atoms with van der Waals surface area (Å²) >= 11 is 0. The summed E-state index contributed by atoms with van der Waals surface area (Å²) in [5.41, 5.74) is 1.56. The minimum atomic E-state index is -3.99. The summed E-state index contributed by atoms with van der Waals surface area (Å²) in [7, 11) is -3.99. The third kappa shape index (κ3) is 5.25. The number of hydrogen-bond acceptors (Lipinski definition) is 7. The second-order valence-corrected chi connectivity index (χ2v) is 11.5. The van der Waals surface area contributed by atoms with Crippen LogP contribution in [-0.4, -0.2) is 53.5 Å². The smallest absolute Gasteiger partial charge is 0.241 e. The molecule has 0 aliphatic heterocycles. The van der Waals surface area contributed by atoms with Gasteiger partial charge in [-0.05, 0) is 84.8 Å². The summed E-state index contributed by atoms with van der Waals surface area (Å²) in [6.45, 7) is 2.51. The third-order valence-corrected chi connectivity index (χ3v) is 8.91. The highest BCUT2D eigenvalue weighted by Gasteiger charge is 2.51. The van der Waals surface area contributed by atoms with Crippen molar-refractivity contribution in [1.82, 2.24) is 4.72 Å². The van der Waals surface area contributed by atoms with Crippen LogP contribution in [0.3, 0.4) is 0 Å². The molecular weight excluding hydrogens is 508 g/mol. The molecule has 202 valence electrons. The van der Waals surface area contributed by atoms with Crippen molar-refractivity contribution >= 4 is 21.6 Å². The lowest BCUT2D eigenvalue weighted by atomic mass is 9.94. The Morgan fingerprint density at radius 3 is 2.16 bits per heavy atom. The molecule has 0 atom stereocenters. The molecule has 10 heteroatoms. The zero-order chi connectivity index (χ0) is 27.7. The highest BCUT2D eigenvalue weighted by molar-refractivity contribution is 7.89. The molecule has 0 saturated heterocycles. The number of aliphatic hydroxyl groups excluding tert-OH is 2. The van der Waals surface area contributed by atoms with E-state index >= 15 is 0 Å². The van der Waals surface area contributed by atoms with Gasteiger partial charge in [-0.15, -0.1) is 0 Å². The standard InChI is InChI=1S/C28H32N2O7S/c1-3-27(16-31,17-32)30-38(36,37)22-9-5-19(6-10-22)23-15-21(8-4-18(23)2)29-26(35)28(12-13-28)20-7-11-24(33)25(34)14-20/h4-11,14-15,30-34H,3,12-13,16-17H2,1-2H3,(H,29,35). The molecule has 9 nitrogen and oxygen atoms in total. The molecule has 0 radical (unpaired) electrons. The quantitative estimate of drug-likeness (QED) is 0.216. The Labute approximate surface area is 221 Å². The van der Waals surface area contributed by atoms with Crippen LogP contribution in [0.2, 0.25) is 0 Å². The van der Waals surface area contributed by atoms with Crippen LogP contribution in [-0.2, 0) is 20.2 Å². The number of carbonyl (C=O) groups is 1. The van der Waals surface area contributed by atoms with Crippen LogP contribution in [0.4, 0.5) is 5.69 Å². The SMILES string of the molecule is CCC(CO)(CO)NS(=O)(=O)c1ccc(-c2cc(NC(=O)C3(c4ccc(O)c(O)c4)CC3)ccc2C)cc1. The monoisotopic (exact) mass is 540 g/mol. The van der Waals surface area contributed by atoms with Gasteiger partial charge in [0.1, 0.15) is 0 Å². The van der Waals surface area contributed by atoms with Crippen molar-refractivity contribution in [2.75, 3.05) is 18.5 Å². The number of hydrogen-bond donors (Lipinski definition) is 6. The van der Waals surface area contributed by atoms with Gasteiger partial charge < -0.3 is 25.7 Å². The van der Waals surface area contributed by atoms with Gasteiger partial charge in [0.15, 0.2) is 11.5 Å². The van der Waals surface area contributed by atoms with Gasteiger partial charge in [0.2, 0.25) is 15.9 Å². The average Bonchev–Trinajstić information content (AvgIpc) is 3.72. The van der Waals surface area contributed by atoms with E-state index < -0.39 is 34.2 Å². The van der Waals surface area contributed by atoms with Crippen molar-refractivity contribution in [2.24, 2.45) is 0 Å². The number of benzene rings is 3. The minimum Gasteiger partial charge on any atom is -0.504 e. The summed E-state index contributed by atoms with van der Waals surface area (Å²) < 4.78 is 28.1. The van der Waals surface area contributed by atoms with Crippen LogP contribution < -0.4 is 10.0 Å². The van der Waals surface area contributed by atoms with Crippen molar-refractivity contribution in [3.8, 4) is 22.6 Å². The summed E-state index contributed by atoms with van der Waals surface area (Å²) in [6, 6.07) is 16.1. The fraction of sp³-hybridized carbons (Fsp3) is 0.321. The van der Waals surface area contributed by atoms with E-state index in [1.54, 1.807) is 31.2 Å². The normalized spacial score (nSPS) is 14.7. The largest absolute Gasteiger partial charge is 0.504 e. The topological polar surface area (TPSA) is 156 Å². The van der Waals surface area contributed by atoms with Crippen LogP contribution in [0.1, 0.15) is 37.3 Å². The summed E-state index contributed by atoms with van der Waals surface area (Å²) in [4.78, 5) is 13.2. The Morgan fingerprint density at radius 2 is 1.61 bits per heavy atom. The van der Waals surface area contributed by atoms with Gasteiger partial charge in [-0.1, -0.05) is 31.2 Å². The predicted octanol–water partition coefficient (Wildman–Crippen LogP) is 3.16. The number of aromatic hydroxyl groups is 2. The maximum absolute atomic E-state index is 13.2. The van der Waals surface area contributed by atoms with Gasteiger partial charge in [-0.3, -0.25) is 4.79 Å². The van der Waals surface area contributed by atoms with Gasteiger partial charge in [-0.2, -0.15) is 0 Å². The number of carbonyl (C=O) groups excluding carboxylic acids is 1. The maximum Gasteiger partial charge on any atom is 0.241 e. The first-order valence-electron chi connectivity index (χ1n) is 12.3. The van der Waals surface area contributed by atoms with Gasteiger partial charge in [0.05, 0.1) is 29.1 Å².